The van der Waals surface area contributed by atoms with Crippen molar-refractivity contribution in [1.82, 2.24) is 10.6 Å². The predicted molar refractivity (Wildman–Crippen MR) is 66.7 cm³/mol. The number of hydrogen-bond acceptors (Lipinski definition) is 3. The Morgan fingerprint density at radius 2 is 2.19 bits per heavy atom. The Labute approximate surface area is 100 Å². The summed E-state index contributed by atoms with van der Waals surface area (Å²) in [5.41, 5.74) is 0. The Hall–Kier alpha value is -0.420. The summed E-state index contributed by atoms with van der Waals surface area (Å²) < 4.78 is 11.6. The molecule has 1 heterocycles. The molecule has 0 bridgehead atoms. The van der Waals surface area contributed by atoms with E-state index in [-0.39, 0.29) is 11.7 Å². The van der Waals surface area contributed by atoms with Crippen molar-refractivity contribution in [3.8, 4) is 0 Å². The molecule has 1 atom stereocenters. The van der Waals surface area contributed by atoms with Crippen LogP contribution in [0.1, 0.15) is 20.3 Å². The van der Waals surface area contributed by atoms with E-state index in [1.807, 2.05) is 0 Å². The highest BCUT2D eigenvalue weighted by Gasteiger charge is 2.20. The van der Waals surface area contributed by atoms with Crippen molar-refractivity contribution in [1.29, 1.82) is 0 Å². The van der Waals surface area contributed by atoms with Crippen molar-refractivity contribution in [2.75, 3.05) is 31.1 Å². The van der Waals surface area contributed by atoms with E-state index >= 15 is 0 Å². The van der Waals surface area contributed by atoms with Crippen molar-refractivity contribution in [3.05, 3.63) is 0 Å². The third kappa shape index (κ3) is 5.61. The molecule has 0 aromatic carbocycles. The molecule has 1 saturated heterocycles. The van der Waals surface area contributed by atoms with Gasteiger partial charge in [-0.2, -0.15) is 0 Å². The van der Waals surface area contributed by atoms with Crippen LogP contribution < -0.4 is 10.6 Å². The normalized spacial score (nSPS) is 18.2. The van der Waals surface area contributed by atoms with Crippen molar-refractivity contribution >= 4 is 16.7 Å². The van der Waals surface area contributed by atoms with Crippen LogP contribution in [0.5, 0.6) is 0 Å². The third-order valence-electron chi connectivity index (χ3n) is 2.62. The fourth-order valence-electron chi connectivity index (χ4n) is 1.49. The van der Waals surface area contributed by atoms with Gasteiger partial charge in [-0.3, -0.25) is 9.00 Å². The van der Waals surface area contributed by atoms with Gasteiger partial charge in [-0.15, -0.1) is 0 Å². The predicted octanol–water partition coefficient (Wildman–Crippen LogP) is 0.117. The summed E-state index contributed by atoms with van der Waals surface area (Å²) in [5, 5.41) is 5.94. The topological polar surface area (TPSA) is 58.2 Å². The average Bonchev–Trinajstić information content (AvgIpc) is 2.10. The number of amides is 1. The smallest absolute Gasteiger partial charge is 0.232 e. The van der Waals surface area contributed by atoms with Crippen molar-refractivity contribution in [3.63, 3.8) is 0 Å². The second-order valence-electron chi connectivity index (χ2n) is 4.81. The fraction of sp³-hybridized carbons (Fsp3) is 0.909. The summed E-state index contributed by atoms with van der Waals surface area (Å²) in [4.78, 5) is 11.4. The zero-order valence-electron chi connectivity index (χ0n) is 10.1. The Kier molecular flexibility index (Phi) is 5.98. The van der Waals surface area contributed by atoms with E-state index in [0.717, 1.165) is 19.5 Å². The number of nitrogens with one attached hydrogen (secondary N) is 2. The van der Waals surface area contributed by atoms with E-state index < -0.39 is 10.8 Å². The quantitative estimate of drug-likeness (QED) is 0.671. The standard InChI is InChI=1S/C11H22N2O2S/c1-9(2)3-4-13-11(14)8-16(15)7-10-5-12-6-10/h9-10,12H,3-8H2,1-2H3,(H,13,14). The van der Waals surface area contributed by atoms with Crippen molar-refractivity contribution < 1.29 is 9.00 Å². The van der Waals surface area contributed by atoms with Gasteiger partial charge in [0.1, 0.15) is 5.75 Å². The van der Waals surface area contributed by atoms with Gasteiger partial charge in [0.15, 0.2) is 0 Å². The molecular formula is C11H22N2O2S. The van der Waals surface area contributed by atoms with E-state index in [1.54, 1.807) is 0 Å². The second-order valence-corrected chi connectivity index (χ2v) is 6.31. The van der Waals surface area contributed by atoms with E-state index in [1.165, 1.54) is 0 Å². The fourth-order valence-corrected chi connectivity index (χ4v) is 2.76. The molecule has 2 N–H and O–H groups in total. The van der Waals surface area contributed by atoms with E-state index in [0.29, 0.717) is 24.1 Å². The molecule has 0 aromatic heterocycles. The molecule has 1 amide bonds. The lowest BCUT2D eigenvalue weighted by atomic mass is 10.1. The highest BCUT2D eigenvalue weighted by atomic mass is 32.2. The van der Waals surface area contributed by atoms with Crippen LogP contribution in [0.4, 0.5) is 0 Å². The van der Waals surface area contributed by atoms with Gasteiger partial charge >= 0.3 is 0 Å². The third-order valence-corrected chi connectivity index (χ3v) is 4.05. The summed E-state index contributed by atoms with van der Waals surface area (Å²) in [5.74, 6) is 1.83. The lowest BCUT2D eigenvalue weighted by Crippen LogP contribution is -2.45. The minimum Gasteiger partial charge on any atom is -0.355 e. The van der Waals surface area contributed by atoms with Gasteiger partial charge in [-0.05, 0) is 18.3 Å². The van der Waals surface area contributed by atoms with Crippen LogP contribution in [-0.2, 0) is 15.6 Å². The summed E-state index contributed by atoms with van der Waals surface area (Å²) in [7, 11) is -0.995. The SMILES string of the molecule is CC(C)CCNC(=O)CS(=O)CC1CNC1. The Balaban J connectivity index is 2.05. The minimum absolute atomic E-state index is 0.0775. The molecule has 0 aliphatic carbocycles. The zero-order chi connectivity index (χ0) is 12.0. The molecule has 0 saturated carbocycles. The van der Waals surface area contributed by atoms with Gasteiger partial charge in [-0.1, -0.05) is 13.8 Å². The first-order chi connectivity index (χ1) is 7.58. The van der Waals surface area contributed by atoms with Crippen LogP contribution in [0.15, 0.2) is 0 Å². The molecule has 94 valence electrons. The van der Waals surface area contributed by atoms with E-state index in [2.05, 4.69) is 24.5 Å². The Morgan fingerprint density at radius 3 is 2.69 bits per heavy atom. The maximum absolute atomic E-state index is 11.6. The van der Waals surface area contributed by atoms with Gasteiger partial charge in [0.25, 0.3) is 0 Å². The summed E-state index contributed by atoms with van der Waals surface area (Å²) in [6, 6.07) is 0. The number of rotatable bonds is 7. The monoisotopic (exact) mass is 246 g/mol. The molecule has 4 nitrogen and oxygen atoms in total. The highest BCUT2D eigenvalue weighted by molar-refractivity contribution is 7.85. The van der Waals surface area contributed by atoms with Crippen LogP contribution >= 0.6 is 0 Å². The van der Waals surface area contributed by atoms with Crippen LogP contribution in [0.2, 0.25) is 0 Å². The van der Waals surface area contributed by atoms with E-state index in [4.69, 9.17) is 0 Å². The Morgan fingerprint density at radius 1 is 1.50 bits per heavy atom. The lowest BCUT2D eigenvalue weighted by molar-refractivity contribution is -0.118. The van der Waals surface area contributed by atoms with Gasteiger partial charge in [0, 0.05) is 36.2 Å². The molecule has 1 aliphatic rings. The van der Waals surface area contributed by atoms with Crippen molar-refractivity contribution in [2.45, 2.75) is 20.3 Å². The highest BCUT2D eigenvalue weighted by Crippen LogP contribution is 2.04. The lowest BCUT2D eigenvalue weighted by Gasteiger charge is -2.26. The van der Waals surface area contributed by atoms with Gasteiger partial charge < -0.3 is 10.6 Å². The van der Waals surface area contributed by atoms with Gasteiger partial charge in [0.05, 0.1) is 0 Å². The van der Waals surface area contributed by atoms with E-state index in [9.17, 15) is 9.00 Å². The summed E-state index contributed by atoms with van der Waals surface area (Å²) >= 11 is 0. The first-order valence-electron chi connectivity index (χ1n) is 5.90. The molecule has 16 heavy (non-hydrogen) atoms. The van der Waals surface area contributed by atoms with Gasteiger partial charge in [0.2, 0.25) is 5.91 Å². The molecule has 0 aromatic rings. The summed E-state index contributed by atoms with van der Waals surface area (Å²) in [6.45, 7) is 6.82. The molecular weight excluding hydrogens is 224 g/mol. The van der Waals surface area contributed by atoms with Crippen LogP contribution in [-0.4, -0.2) is 41.3 Å². The largest absolute Gasteiger partial charge is 0.355 e. The maximum Gasteiger partial charge on any atom is 0.232 e. The second kappa shape index (κ2) is 7.01. The number of carbonyl (C=O) groups is 1. The summed E-state index contributed by atoms with van der Waals surface area (Å²) in [6.07, 6.45) is 0.977. The van der Waals surface area contributed by atoms with Crippen LogP contribution in [0.25, 0.3) is 0 Å². The number of carbonyl (C=O) groups excluding carboxylic acids is 1. The zero-order valence-corrected chi connectivity index (χ0v) is 10.9. The van der Waals surface area contributed by atoms with Crippen molar-refractivity contribution in [2.24, 2.45) is 11.8 Å². The molecule has 1 rings (SSSR count). The van der Waals surface area contributed by atoms with Gasteiger partial charge in [-0.25, -0.2) is 0 Å². The molecule has 5 heteroatoms. The maximum atomic E-state index is 11.6. The molecule has 0 spiro atoms. The van der Waals surface area contributed by atoms with Crippen LogP contribution in [0, 0.1) is 11.8 Å². The molecule has 1 aliphatic heterocycles. The molecule has 1 unspecified atom stereocenters. The average molecular weight is 246 g/mol. The van der Waals surface area contributed by atoms with Crippen LogP contribution in [0.3, 0.4) is 0 Å². The number of hydrogen-bond donors (Lipinski definition) is 2. The first-order valence-corrected chi connectivity index (χ1v) is 7.39. The minimum atomic E-state index is -0.995. The first kappa shape index (κ1) is 13.6. The Bertz CT molecular complexity index is 252. The molecule has 0 radical (unpaired) electrons. The molecule has 1 fully saturated rings.